The van der Waals surface area contributed by atoms with E-state index in [4.69, 9.17) is 54.1 Å². The zero-order valence-electron chi connectivity index (χ0n) is 28.7. The molecule has 16 heteroatoms. The Morgan fingerprint density at radius 1 is 0.648 bits per heavy atom. The number of amides is 2. The fourth-order valence-electron chi connectivity index (χ4n) is 6.90. The van der Waals surface area contributed by atoms with Gasteiger partial charge in [0.05, 0.1) is 48.8 Å². The number of H-pyrrole nitrogens is 2. The molecule has 0 aliphatic rings. The van der Waals surface area contributed by atoms with E-state index in [-0.39, 0.29) is 22.6 Å². The number of halogens is 2. The minimum Gasteiger partial charge on any atom is -0.494 e. The summed E-state index contributed by atoms with van der Waals surface area (Å²) in [4.78, 5) is 35.1. The summed E-state index contributed by atoms with van der Waals surface area (Å²) in [5, 5.41) is 15.1. The van der Waals surface area contributed by atoms with Crippen LogP contribution in [0, 0.1) is 0 Å². The van der Waals surface area contributed by atoms with E-state index in [1.54, 1.807) is 61.2 Å². The van der Waals surface area contributed by atoms with Gasteiger partial charge in [0.1, 0.15) is 22.7 Å². The van der Waals surface area contributed by atoms with Gasteiger partial charge in [0.25, 0.3) is 11.8 Å². The first-order valence-electron chi connectivity index (χ1n) is 16.5. The highest BCUT2D eigenvalue weighted by molar-refractivity contribution is 6.31. The van der Waals surface area contributed by atoms with Gasteiger partial charge >= 0.3 is 0 Å². The van der Waals surface area contributed by atoms with Gasteiger partial charge < -0.3 is 30.1 Å². The monoisotopic (exact) mass is 760 g/mol. The fraction of sp³-hybridized carbons (Fsp3) is 0.105. The lowest BCUT2D eigenvalue weighted by Crippen LogP contribution is -2.13. The highest BCUT2D eigenvalue weighted by Crippen LogP contribution is 2.41. The smallest absolute Gasteiger partial charge is 0.252 e. The second-order valence-corrected chi connectivity index (χ2v) is 13.2. The van der Waals surface area contributed by atoms with Crippen molar-refractivity contribution in [3.63, 3.8) is 0 Å². The normalized spacial score (nSPS) is 11.4. The molecule has 0 aliphatic carbocycles. The zero-order chi connectivity index (χ0) is 37.7. The molecule has 0 unspecified atom stereocenters. The molecule has 2 amide bonds. The highest BCUT2D eigenvalue weighted by atomic mass is 35.5. The van der Waals surface area contributed by atoms with Gasteiger partial charge in [0.15, 0.2) is 11.5 Å². The summed E-state index contributed by atoms with van der Waals surface area (Å²) < 4.78 is 15.6. The number of hydrogen-bond acceptors (Lipinski definition) is 8. The van der Waals surface area contributed by atoms with Crippen molar-refractivity contribution in [2.75, 3.05) is 14.2 Å². The number of fused-ring (bicyclic) bond motifs is 2. The summed E-state index contributed by atoms with van der Waals surface area (Å²) in [6, 6.07) is 17.9. The molecule has 8 aromatic rings. The molecule has 0 fully saturated rings. The first kappa shape index (κ1) is 34.4. The third-order valence-corrected chi connectivity index (χ3v) is 9.77. The molecule has 0 atom stereocenters. The number of aromatic amines is 2. The predicted octanol–water partition coefficient (Wildman–Crippen LogP) is 6.72. The summed E-state index contributed by atoms with van der Waals surface area (Å²) in [6.45, 7) is 0.677. The largest absolute Gasteiger partial charge is 0.494 e. The molecule has 4 aromatic carbocycles. The number of imidazole rings is 2. The molecule has 4 heterocycles. The number of rotatable bonds is 11. The molecule has 14 nitrogen and oxygen atoms in total. The Morgan fingerprint density at radius 3 is 1.43 bits per heavy atom. The van der Waals surface area contributed by atoms with E-state index >= 15 is 0 Å². The minimum absolute atomic E-state index is 0.196. The average molecular weight is 762 g/mol. The van der Waals surface area contributed by atoms with Crippen LogP contribution in [0.4, 0.5) is 0 Å². The Balaban J connectivity index is 1.37. The lowest BCUT2D eigenvalue weighted by atomic mass is 10.0. The van der Waals surface area contributed by atoms with E-state index in [1.807, 2.05) is 33.4 Å². The third kappa shape index (κ3) is 5.77. The summed E-state index contributed by atoms with van der Waals surface area (Å²) in [6.07, 6.45) is 6.95. The van der Waals surface area contributed by atoms with Crippen LogP contribution in [0.15, 0.2) is 85.5 Å². The van der Waals surface area contributed by atoms with Crippen molar-refractivity contribution in [3.8, 4) is 56.5 Å². The van der Waals surface area contributed by atoms with Gasteiger partial charge in [0.2, 0.25) is 0 Å². The fourth-order valence-corrected chi connectivity index (χ4v) is 7.24. The second-order valence-electron chi connectivity index (χ2n) is 12.3. The van der Waals surface area contributed by atoms with Crippen molar-refractivity contribution in [1.82, 2.24) is 39.5 Å². The summed E-state index contributed by atoms with van der Waals surface area (Å²) in [5.41, 5.74) is 18.8. The van der Waals surface area contributed by atoms with Crippen LogP contribution in [0.5, 0.6) is 11.5 Å². The zero-order valence-corrected chi connectivity index (χ0v) is 30.2. The molecule has 54 heavy (non-hydrogen) atoms. The summed E-state index contributed by atoms with van der Waals surface area (Å²) in [5.74, 6) is 0.353. The van der Waals surface area contributed by atoms with Crippen molar-refractivity contribution in [1.29, 1.82) is 0 Å². The van der Waals surface area contributed by atoms with Gasteiger partial charge in [0, 0.05) is 57.8 Å². The average Bonchev–Trinajstić information content (AvgIpc) is 4.00. The van der Waals surface area contributed by atoms with Crippen molar-refractivity contribution >= 4 is 57.1 Å². The SMILES string of the molecule is COc1c(C(N)=O)ccc2c1nc(-c1ccc(Cl)cc1-c1cn[nH]c1)n2CCn1c(-c2ccc(Cl)cc2-c2cn[nH]c2)nc2c(OC)c(C(N)=O)ccc21. The van der Waals surface area contributed by atoms with Crippen molar-refractivity contribution in [2.45, 2.75) is 13.1 Å². The Labute approximate surface area is 316 Å². The predicted molar refractivity (Wildman–Crippen MR) is 206 cm³/mol. The maximum atomic E-state index is 12.5. The van der Waals surface area contributed by atoms with Gasteiger partial charge in [-0.05, 0) is 71.8 Å². The number of nitrogens with two attached hydrogens (primary N) is 2. The van der Waals surface area contributed by atoms with E-state index in [0.29, 0.717) is 56.9 Å². The first-order valence-corrected chi connectivity index (χ1v) is 17.3. The van der Waals surface area contributed by atoms with Crippen LogP contribution in [0.3, 0.4) is 0 Å². The number of carbonyl (C=O) groups is 2. The molecule has 0 bridgehead atoms. The lowest BCUT2D eigenvalue weighted by Gasteiger charge is -2.16. The molecular weight excluding hydrogens is 731 g/mol. The Kier molecular flexibility index (Phi) is 8.76. The first-order chi connectivity index (χ1) is 26.2. The topological polar surface area (TPSA) is 198 Å². The van der Waals surface area contributed by atoms with Crippen LogP contribution >= 0.6 is 23.2 Å². The molecule has 0 aliphatic heterocycles. The Bertz CT molecular complexity index is 2550. The second kappa shape index (κ2) is 13.7. The highest BCUT2D eigenvalue weighted by Gasteiger charge is 2.26. The summed E-state index contributed by atoms with van der Waals surface area (Å²) >= 11 is 13.0. The lowest BCUT2D eigenvalue weighted by molar-refractivity contribution is 0.0989. The molecule has 6 N–H and O–H groups in total. The van der Waals surface area contributed by atoms with E-state index in [2.05, 4.69) is 20.4 Å². The van der Waals surface area contributed by atoms with Crippen molar-refractivity contribution < 1.29 is 19.1 Å². The van der Waals surface area contributed by atoms with Crippen LogP contribution in [0.1, 0.15) is 20.7 Å². The molecule has 0 radical (unpaired) electrons. The summed E-state index contributed by atoms with van der Waals surface area (Å²) in [7, 11) is 2.95. The third-order valence-electron chi connectivity index (χ3n) is 9.30. The van der Waals surface area contributed by atoms with Gasteiger partial charge in [-0.1, -0.05) is 23.2 Å². The van der Waals surface area contributed by atoms with Gasteiger partial charge in [-0.15, -0.1) is 0 Å². The van der Waals surface area contributed by atoms with Crippen molar-refractivity contribution in [3.05, 3.63) is 107 Å². The molecule has 270 valence electrons. The molecule has 8 rings (SSSR count). The van der Waals surface area contributed by atoms with Crippen LogP contribution in [-0.2, 0) is 13.1 Å². The van der Waals surface area contributed by atoms with E-state index < -0.39 is 11.8 Å². The van der Waals surface area contributed by atoms with E-state index in [1.165, 1.54) is 14.2 Å². The molecule has 0 spiro atoms. The van der Waals surface area contributed by atoms with Crippen LogP contribution < -0.4 is 20.9 Å². The number of nitrogens with one attached hydrogen (secondary N) is 2. The molecule has 4 aromatic heterocycles. The maximum absolute atomic E-state index is 12.5. The van der Waals surface area contributed by atoms with Gasteiger partial charge in [-0.25, -0.2) is 9.97 Å². The number of ether oxygens (including phenoxy) is 2. The molecule has 0 saturated carbocycles. The minimum atomic E-state index is -0.648. The number of primary amides is 2. The number of nitrogens with zero attached hydrogens (tertiary/aromatic N) is 6. The van der Waals surface area contributed by atoms with Gasteiger partial charge in [-0.2, -0.15) is 10.2 Å². The number of benzene rings is 4. The quantitative estimate of drug-likeness (QED) is 0.111. The van der Waals surface area contributed by atoms with Crippen LogP contribution in [0.2, 0.25) is 10.0 Å². The van der Waals surface area contributed by atoms with E-state index in [9.17, 15) is 9.59 Å². The number of aromatic nitrogens is 8. The van der Waals surface area contributed by atoms with Crippen LogP contribution in [0.25, 0.3) is 67.1 Å². The maximum Gasteiger partial charge on any atom is 0.252 e. The molecule has 0 saturated heterocycles. The van der Waals surface area contributed by atoms with Crippen LogP contribution in [-0.4, -0.2) is 65.5 Å². The standard InChI is InChI=1S/C38H30Cl2N10O4/c1-53-33-25(35(41)51)7-9-29-31(33)47-37(23-5-3-21(39)13-27(23)19-15-43-44-16-19)49(29)11-12-50-30-10-8-26(36(42)52)34(54-2)32(30)48-38(50)24-6-4-22(40)14-28(24)20-17-45-46-18-20/h3-10,13-18H,11-12H2,1-2H3,(H2,41,51)(H2,42,52)(H,43,44)(H,45,46). The number of methoxy groups -OCH3 is 2. The number of hydrogen-bond donors (Lipinski definition) is 4. The van der Waals surface area contributed by atoms with E-state index in [0.717, 1.165) is 33.4 Å². The van der Waals surface area contributed by atoms with Gasteiger partial charge in [-0.3, -0.25) is 19.8 Å². The molecular formula is C38H30Cl2N10O4. The number of carbonyl (C=O) groups excluding carboxylic acids is 2. The van der Waals surface area contributed by atoms with Crippen molar-refractivity contribution in [2.24, 2.45) is 11.5 Å². The number of aryl methyl sites for hydroxylation is 2. The Hall–Kier alpha value is -6.64. The Morgan fingerprint density at radius 2 is 1.07 bits per heavy atom.